The minimum absolute atomic E-state index is 0.0113. The van der Waals surface area contributed by atoms with E-state index in [1.54, 1.807) is 48.5 Å². The van der Waals surface area contributed by atoms with Gasteiger partial charge in [-0.1, -0.05) is 24.3 Å². The molecule has 0 radical (unpaired) electrons. The van der Waals surface area contributed by atoms with Crippen molar-refractivity contribution in [2.75, 3.05) is 52.6 Å². The first-order chi connectivity index (χ1) is 18.5. The van der Waals surface area contributed by atoms with Gasteiger partial charge in [-0.15, -0.1) is 0 Å². The predicted octanol–water partition coefficient (Wildman–Crippen LogP) is 0.424. The lowest BCUT2D eigenvalue weighted by atomic mass is 10.2. The van der Waals surface area contributed by atoms with Crippen LogP contribution in [-0.2, 0) is 28.7 Å². The van der Waals surface area contributed by atoms with E-state index in [1.807, 2.05) is 0 Å². The highest BCUT2D eigenvalue weighted by Crippen LogP contribution is 2.32. The van der Waals surface area contributed by atoms with Gasteiger partial charge < -0.3 is 38.2 Å². The molecule has 3 aliphatic rings. The van der Waals surface area contributed by atoms with Gasteiger partial charge in [-0.25, -0.2) is 9.59 Å². The van der Waals surface area contributed by atoms with Gasteiger partial charge >= 0.3 is 11.9 Å². The van der Waals surface area contributed by atoms with Gasteiger partial charge in [-0.2, -0.15) is 0 Å². The van der Waals surface area contributed by atoms with Gasteiger partial charge in [-0.05, 0) is 24.3 Å². The van der Waals surface area contributed by atoms with E-state index in [0.717, 1.165) is 0 Å². The van der Waals surface area contributed by atoms with Gasteiger partial charge in [0.1, 0.15) is 13.2 Å². The van der Waals surface area contributed by atoms with Crippen molar-refractivity contribution < 1.29 is 47.6 Å². The molecule has 3 heterocycles. The summed E-state index contributed by atoms with van der Waals surface area (Å²) in [4.78, 5) is 52.7. The third-order valence-electron chi connectivity index (χ3n) is 6.20. The zero-order valence-corrected chi connectivity index (χ0v) is 20.4. The van der Waals surface area contributed by atoms with E-state index in [9.17, 15) is 19.2 Å². The minimum Gasteiger partial charge on any atom is -0.485 e. The Kier molecular flexibility index (Phi) is 7.47. The zero-order chi connectivity index (χ0) is 26.5. The van der Waals surface area contributed by atoms with Crippen LogP contribution in [0.2, 0.25) is 0 Å². The number of carbonyl (C=O) groups excluding carboxylic acids is 4. The van der Waals surface area contributed by atoms with Crippen molar-refractivity contribution in [3.8, 4) is 23.0 Å². The number of piperazine rings is 1. The molecule has 12 heteroatoms. The molecule has 0 saturated carbocycles. The summed E-state index contributed by atoms with van der Waals surface area (Å²) in [5.41, 5.74) is 0. The van der Waals surface area contributed by atoms with Crippen molar-refractivity contribution in [2.24, 2.45) is 0 Å². The van der Waals surface area contributed by atoms with Crippen LogP contribution in [0.25, 0.3) is 0 Å². The number of esters is 2. The highest BCUT2D eigenvalue weighted by molar-refractivity contribution is 5.84. The monoisotopic (exact) mass is 526 g/mol. The fraction of sp³-hybridized carbons (Fsp3) is 0.385. The van der Waals surface area contributed by atoms with Crippen LogP contribution in [0.4, 0.5) is 0 Å². The second-order valence-corrected chi connectivity index (χ2v) is 8.71. The molecule has 1 saturated heterocycles. The van der Waals surface area contributed by atoms with E-state index in [-0.39, 0.29) is 51.2 Å². The lowest BCUT2D eigenvalue weighted by molar-refractivity contribution is -0.162. The number of para-hydroxylation sites is 4. The molecule has 0 aliphatic carbocycles. The second kappa shape index (κ2) is 11.3. The normalized spacial score (nSPS) is 19.8. The first-order valence-electron chi connectivity index (χ1n) is 12.1. The number of hydrogen-bond acceptors (Lipinski definition) is 10. The summed E-state index contributed by atoms with van der Waals surface area (Å²) in [6.07, 6.45) is -1.93. The smallest absolute Gasteiger partial charge is 0.351 e. The number of carbonyl (C=O) groups is 4. The Morgan fingerprint density at radius 3 is 1.39 bits per heavy atom. The van der Waals surface area contributed by atoms with E-state index in [4.69, 9.17) is 28.4 Å². The van der Waals surface area contributed by atoms with Gasteiger partial charge in [0.2, 0.25) is 12.2 Å². The lowest BCUT2D eigenvalue weighted by Gasteiger charge is -2.34. The van der Waals surface area contributed by atoms with Crippen molar-refractivity contribution in [2.45, 2.75) is 12.2 Å². The molecule has 0 aromatic heterocycles. The average molecular weight is 526 g/mol. The number of amides is 2. The summed E-state index contributed by atoms with van der Waals surface area (Å²) in [5.74, 6) is -0.216. The molecule has 12 nitrogen and oxygen atoms in total. The van der Waals surface area contributed by atoms with E-state index < -0.39 is 37.4 Å². The molecule has 0 bridgehead atoms. The Hall–Kier alpha value is -4.48. The summed E-state index contributed by atoms with van der Waals surface area (Å²) in [7, 11) is 0. The number of nitrogens with zero attached hydrogens (tertiary/aromatic N) is 2. The number of fused-ring (bicyclic) bond motifs is 2. The van der Waals surface area contributed by atoms with Crippen molar-refractivity contribution >= 4 is 23.8 Å². The van der Waals surface area contributed by atoms with Crippen LogP contribution in [0.1, 0.15) is 0 Å². The number of rotatable bonds is 6. The Morgan fingerprint density at radius 2 is 1.00 bits per heavy atom. The first kappa shape index (κ1) is 25.2. The molecule has 5 rings (SSSR count). The molecule has 38 heavy (non-hydrogen) atoms. The summed E-state index contributed by atoms with van der Waals surface area (Å²) in [5, 5.41) is 0. The molecule has 2 atom stereocenters. The maximum absolute atomic E-state index is 12.5. The SMILES string of the molecule is O=C(OCC(=O)N1CCN(C(=O)COC(=O)[C@@H]2COc3ccccc3O2)CC1)[C@@H]1COc2ccccc2O1. The van der Waals surface area contributed by atoms with Crippen LogP contribution < -0.4 is 18.9 Å². The summed E-state index contributed by atoms with van der Waals surface area (Å²) in [6, 6.07) is 13.9. The van der Waals surface area contributed by atoms with Gasteiger partial charge in [-0.3, -0.25) is 9.59 Å². The van der Waals surface area contributed by atoms with Gasteiger partial charge in [0.05, 0.1) is 0 Å². The molecule has 2 amide bonds. The highest BCUT2D eigenvalue weighted by Gasteiger charge is 2.32. The number of ether oxygens (including phenoxy) is 6. The second-order valence-electron chi connectivity index (χ2n) is 8.71. The lowest BCUT2D eigenvalue weighted by Crippen LogP contribution is -2.52. The minimum atomic E-state index is -0.963. The van der Waals surface area contributed by atoms with Crippen molar-refractivity contribution in [1.29, 1.82) is 0 Å². The third-order valence-corrected chi connectivity index (χ3v) is 6.20. The van der Waals surface area contributed by atoms with Crippen LogP contribution in [0.3, 0.4) is 0 Å². The van der Waals surface area contributed by atoms with Crippen LogP contribution in [0.15, 0.2) is 48.5 Å². The number of hydrogen-bond donors (Lipinski definition) is 0. The topological polar surface area (TPSA) is 130 Å². The maximum Gasteiger partial charge on any atom is 0.351 e. The van der Waals surface area contributed by atoms with E-state index >= 15 is 0 Å². The Labute approximate surface area is 217 Å². The average Bonchev–Trinajstić information content (AvgIpc) is 2.97. The fourth-order valence-corrected chi connectivity index (χ4v) is 4.11. The molecule has 3 aliphatic heterocycles. The van der Waals surface area contributed by atoms with Gasteiger partial charge in [0.15, 0.2) is 36.2 Å². The first-order valence-corrected chi connectivity index (χ1v) is 12.1. The maximum atomic E-state index is 12.5. The molecule has 2 aromatic carbocycles. The van der Waals surface area contributed by atoms with E-state index in [0.29, 0.717) is 23.0 Å². The fourth-order valence-electron chi connectivity index (χ4n) is 4.11. The molecule has 200 valence electrons. The standard InChI is InChI=1S/C26H26N2O10/c29-23(15-35-25(31)21-13-33-17-5-1-3-7-19(17)37-21)27-9-11-28(12-10-27)24(30)16-36-26(32)22-14-34-18-6-2-4-8-20(18)38-22/h1-8,21-22H,9-16H2/t21-,22-/m0/s1. The Bertz CT molecular complexity index is 1120. The largest absolute Gasteiger partial charge is 0.485 e. The Morgan fingerprint density at radius 1 is 0.632 bits per heavy atom. The van der Waals surface area contributed by atoms with Crippen LogP contribution in [0.5, 0.6) is 23.0 Å². The number of benzene rings is 2. The summed E-state index contributed by atoms with van der Waals surface area (Å²) in [6.45, 7) is 0.0968. The molecule has 0 N–H and O–H groups in total. The molecular weight excluding hydrogens is 500 g/mol. The molecule has 2 aromatic rings. The van der Waals surface area contributed by atoms with Gasteiger partial charge in [0, 0.05) is 26.2 Å². The van der Waals surface area contributed by atoms with Gasteiger partial charge in [0.25, 0.3) is 11.8 Å². The van der Waals surface area contributed by atoms with E-state index in [1.165, 1.54) is 9.80 Å². The Balaban J connectivity index is 1.00. The van der Waals surface area contributed by atoms with E-state index in [2.05, 4.69) is 0 Å². The van der Waals surface area contributed by atoms with Crippen LogP contribution >= 0.6 is 0 Å². The summed E-state index contributed by atoms with van der Waals surface area (Å²) >= 11 is 0. The summed E-state index contributed by atoms with van der Waals surface area (Å²) < 4.78 is 32.4. The quantitative estimate of drug-likeness (QED) is 0.488. The van der Waals surface area contributed by atoms with Crippen LogP contribution in [-0.4, -0.2) is 98.4 Å². The highest BCUT2D eigenvalue weighted by atomic mass is 16.6. The van der Waals surface area contributed by atoms with Crippen molar-refractivity contribution in [3.63, 3.8) is 0 Å². The van der Waals surface area contributed by atoms with Crippen molar-refractivity contribution in [3.05, 3.63) is 48.5 Å². The molecule has 0 spiro atoms. The zero-order valence-electron chi connectivity index (χ0n) is 20.4. The van der Waals surface area contributed by atoms with Crippen LogP contribution in [0, 0.1) is 0 Å². The van der Waals surface area contributed by atoms with Crippen molar-refractivity contribution in [1.82, 2.24) is 9.80 Å². The molecule has 1 fully saturated rings. The molecular formula is C26H26N2O10. The predicted molar refractivity (Wildman–Crippen MR) is 128 cm³/mol. The molecule has 0 unspecified atom stereocenters. The third kappa shape index (κ3) is 5.74.